The summed E-state index contributed by atoms with van der Waals surface area (Å²) in [6.45, 7) is 6.60. The predicted octanol–water partition coefficient (Wildman–Crippen LogP) is 4.84. The van der Waals surface area contributed by atoms with E-state index < -0.39 is 0 Å². The van der Waals surface area contributed by atoms with E-state index >= 15 is 0 Å². The molecule has 0 heterocycles. The molecule has 0 bridgehead atoms. The van der Waals surface area contributed by atoms with E-state index in [1.807, 2.05) is 0 Å². The van der Waals surface area contributed by atoms with E-state index in [9.17, 15) is 0 Å². The Hall–Kier alpha value is -0.350. The van der Waals surface area contributed by atoms with Gasteiger partial charge in [0.2, 0.25) is 0 Å². The molecule has 0 radical (unpaired) electrons. The van der Waals surface area contributed by atoms with E-state index in [1.54, 1.807) is 0 Å². The third kappa shape index (κ3) is 8.26. The third-order valence-electron chi connectivity index (χ3n) is 2.05. The van der Waals surface area contributed by atoms with Gasteiger partial charge in [-0.05, 0) is 37.3 Å². The minimum absolute atomic E-state index is 1.13. The Morgan fingerprint density at radius 2 is 2.00 bits per heavy atom. The third-order valence-corrected chi connectivity index (χ3v) is 2.64. The van der Waals surface area contributed by atoms with E-state index in [0.717, 1.165) is 6.42 Å². The maximum absolute atomic E-state index is 2.32. The van der Waals surface area contributed by atoms with Crippen molar-refractivity contribution in [3.63, 3.8) is 0 Å². The van der Waals surface area contributed by atoms with Gasteiger partial charge in [-0.15, -0.1) is 8.20 Å². The fourth-order valence-corrected chi connectivity index (χ4v) is 1.81. The summed E-state index contributed by atoms with van der Waals surface area (Å²) in [5.74, 6) is 2.32. The lowest BCUT2D eigenvalue weighted by atomic mass is 10.1. The van der Waals surface area contributed by atoms with Gasteiger partial charge in [0.05, 0.1) is 0 Å². The van der Waals surface area contributed by atoms with Gasteiger partial charge in [0, 0.05) is 0 Å². The summed E-state index contributed by atoms with van der Waals surface area (Å²) in [7, 11) is 1.37. The molecule has 0 aliphatic carbocycles. The summed E-state index contributed by atoms with van der Waals surface area (Å²) in [6.07, 6.45) is 13.0. The Kier molecular flexibility index (Phi) is 10.5. The second-order valence-corrected chi connectivity index (χ2v) is 4.20. The Morgan fingerprint density at radius 1 is 1.21 bits per heavy atom. The molecule has 0 aromatic carbocycles. The summed E-state index contributed by atoms with van der Waals surface area (Å²) < 4.78 is 0. The van der Waals surface area contributed by atoms with E-state index in [-0.39, 0.29) is 0 Å². The van der Waals surface area contributed by atoms with Crippen molar-refractivity contribution in [3.8, 4) is 0 Å². The van der Waals surface area contributed by atoms with Crippen LogP contribution in [0.4, 0.5) is 0 Å². The van der Waals surface area contributed by atoms with Gasteiger partial charge in [-0.1, -0.05) is 44.9 Å². The molecule has 0 rings (SSSR count). The average Bonchev–Trinajstić information content (AvgIpc) is 2.18. The van der Waals surface area contributed by atoms with Crippen LogP contribution in [-0.4, -0.2) is 12.5 Å². The van der Waals surface area contributed by atoms with Crippen LogP contribution in [0.25, 0.3) is 0 Å². The monoisotopic (exact) mass is 210 g/mol. The van der Waals surface area contributed by atoms with Crippen molar-refractivity contribution in [1.82, 2.24) is 0 Å². The molecular weight excluding hydrogens is 187 g/mol. The molecule has 0 N–H and O–H groups in total. The molecule has 14 heavy (non-hydrogen) atoms. The first-order valence-electron chi connectivity index (χ1n) is 5.63. The summed E-state index contributed by atoms with van der Waals surface area (Å²) in [6, 6.07) is 0. The molecular formula is C13H23P. The molecule has 0 aromatic rings. The largest absolute Gasteiger partial charge is 0.108 e. The lowest BCUT2D eigenvalue weighted by molar-refractivity contribution is 0.723. The highest BCUT2D eigenvalue weighted by atomic mass is 31.1. The van der Waals surface area contributed by atoms with Crippen molar-refractivity contribution in [1.29, 1.82) is 0 Å². The molecule has 0 spiro atoms. The molecule has 0 nitrogen and oxygen atoms in total. The molecule has 0 aliphatic heterocycles. The second-order valence-electron chi connectivity index (χ2n) is 3.42. The first-order valence-corrected chi connectivity index (χ1v) is 7.04. The quantitative estimate of drug-likeness (QED) is 0.320. The highest BCUT2D eigenvalue weighted by Gasteiger charge is 1.91. The van der Waals surface area contributed by atoms with Crippen LogP contribution in [0.5, 0.6) is 0 Å². The van der Waals surface area contributed by atoms with Gasteiger partial charge in [-0.25, -0.2) is 0 Å². The van der Waals surface area contributed by atoms with E-state index in [0.29, 0.717) is 0 Å². The van der Waals surface area contributed by atoms with E-state index in [2.05, 4.69) is 44.5 Å². The molecule has 0 aromatic heterocycles. The van der Waals surface area contributed by atoms with Gasteiger partial charge in [-0.2, -0.15) is 0 Å². The molecule has 80 valence electrons. The van der Waals surface area contributed by atoms with Crippen LogP contribution in [0, 0.1) is 0 Å². The van der Waals surface area contributed by atoms with Crippen LogP contribution in [0.1, 0.15) is 46.0 Å². The smallest absolute Gasteiger partial charge is 0.0223 e. The highest BCUT2D eigenvalue weighted by Crippen LogP contribution is 2.09. The lowest BCUT2D eigenvalue weighted by Crippen LogP contribution is -1.83. The van der Waals surface area contributed by atoms with Crippen LogP contribution in [0.2, 0.25) is 0 Å². The Morgan fingerprint density at radius 3 is 2.57 bits per heavy atom. The van der Waals surface area contributed by atoms with Crippen LogP contribution in [0.3, 0.4) is 0 Å². The predicted molar refractivity (Wildman–Crippen MR) is 70.6 cm³/mol. The van der Waals surface area contributed by atoms with Crippen molar-refractivity contribution in [2.75, 3.05) is 6.66 Å². The van der Waals surface area contributed by atoms with Crippen LogP contribution < -0.4 is 0 Å². The summed E-state index contributed by atoms with van der Waals surface area (Å²) in [5, 5.41) is 0. The first-order chi connectivity index (χ1) is 6.85. The van der Waals surface area contributed by atoms with Gasteiger partial charge in [0.1, 0.15) is 0 Å². The van der Waals surface area contributed by atoms with Gasteiger partial charge < -0.3 is 0 Å². The number of allylic oxidation sites excluding steroid dienone is 4. The van der Waals surface area contributed by atoms with Gasteiger partial charge in [0.15, 0.2) is 0 Å². The van der Waals surface area contributed by atoms with Gasteiger partial charge in [-0.3, -0.25) is 0 Å². The number of hydrogen-bond acceptors (Lipinski definition) is 0. The first kappa shape index (κ1) is 13.7. The Bertz CT molecular complexity index is 199. The van der Waals surface area contributed by atoms with Crippen LogP contribution in [0.15, 0.2) is 23.8 Å². The topological polar surface area (TPSA) is 0 Å². The molecule has 0 unspecified atom stereocenters. The Labute approximate surface area is 90.9 Å². The highest BCUT2D eigenvalue weighted by molar-refractivity contribution is 7.38. The summed E-state index contributed by atoms with van der Waals surface area (Å²) in [5.41, 5.74) is 1.49. The lowest BCUT2D eigenvalue weighted by Gasteiger charge is -1.99. The standard InChI is InChI=1S/C13H23P/c1-4-6-8-10-13(12-14-3)11-9-7-5-2/h6,8,10,12H,4-5,7,9,11H2,1-3H3/b8-6+,13-10-. The maximum atomic E-state index is 2.32. The molecule has 0 saturated heterocycles. The SMILES string of the molecule is CC/C=C/C=C(\C=P/C)CCCCC. The van der Waals surface area contributed by atoms with Gasteiger partial charge in [0.25, 0.3) is 0 Å². The molecule has 0 saturated carbocycles. The van der Waals surface area contributed by atoms with E-state index in [1.165, 1.54) is 39.5 Å². The zero-order valence-electron chi connectivity index (χ0n) is 9.79. The summed E-state index contributed by atoms with van der Waals surface area (Å²) in [4.78, 5) is 0. The van der Waals surface area contributed by atoms with Crippen molar-refractivity contribution >= 4 is 14.0 Å². The van der Waals surface area contributed by atoms with Crippen molar-refractivity contribution in [2.24, 2.45) is 0 Å². The van der Waals surface area contributed by atoms with Crippen LogP contribution >= 0.6 is 8.20 Å². The van der Waals surface area contributed by atoms with E-state index in [4.69, 9.17) is 0 Å². The second kappa shape index (κ2) is 10.7. The number of hydrogen-bond donors (Lipinski definition) is 0. The van der Waals surface area contributed by atoms with Gasteiger partial charge >= 0.3 is 0 Å². The fourth-order valence-electron chi connectivity index (χ4n) is 1.26. The minimum atomic E-state index is 1.13. The molecule has 0 amide bonds. The number of rotatable bonds is 7. The zero-order valence-corrected chi connectivity index (χ0v) is 10.7. The zero-order chi connectivity index (χ0) is 10.6. The molecule has 1 heteroatoms. The maximum Gasteiger partial charge on any atom is -0.0223 e. The average molecular weight is 210 g/mol. The van der Waals surface area contributed by atoms with Crippen molar-refractivity contribution in [3.05, 3.63) is 23.8 Å². The normalized spacial score (nSPS) is 13.2. The fraction of sp³-hybridized carbons (Fsp3) is 0.615. The molecule has 0 aliphatic rings. The van der Waals surface area contributed by atoms with Crippen molar-refractivity contribution in [2.45, 2.75) is 46.0 Å². The minimum Gasteiger partial charge on any atom is -0.108 e. The number of unbranched alkanes of at least 4 members (excludes halogenated alkanes) is 2. The molecule has 0 atom stereocenters. The molecule has 0 fully saturated rings. The Balaban J connectivity index is 4.00. The van der Waals surface area contributed by atoms with Crippen LogP contribution in [-0.2, 0) is 0 Å². The summed E-state index contributed by atoms with van der Waals surface area (Å²) >= 11 is 0. The van der Waals surface area contributed by atoms with Crippen molar-refractivity contribution < 1.29 is 0 Å².